The van der Waals surface area contributed by atoms with E-state index in [0.717, 1.165) is 5.82 Å². The fourth-order valence-electron chi connectivity index (χ4n) is 1.40. The van der Waals surface area contributed by atoms with Crippen molar-refractivity contribution in [1.29, 1.82) is 0 Å². The molecule has 1 unspecified atom stereocenters. The fraction of sp³-hybridized carbons (Fsp3) is 0.800. The molecule has 0 aliphatic rings. The lowest BCUT2D eigenvalue weighted by Gasteiger charge is -2.30. The second kappa shape index (κ2) is 4.45. The van der Waals surface area contributed by atoms with Crippen LogP contribution in [-0.4, -0.2) is 23.8 Å². The molecule has 0 N–H and O–H groups in total. The fourth-order valence-corrected chi connectivity index (χ4v) is 2.47. The van der Waals surface area contributed by atoms with Crippen molar-refractivity contribution in [1.82, 2.24) is 14.8 Å². The number of aryl methyl sites for hydroxylation is 1. The van der Waals surface area contributed by atoms with E-state index in [4.69, 9.17) is 4.43 Å². The van der Waals surface area contributed by atoms with E-state index in [9.17, 15) is 0 Å². The van der Waals surface area contributed by atoms with Crippen LogP contribution in [0.4, 0.5) is 0 Å². The monoisotopic (exact) mass is 227 g/mol. The van der Waals surface area contributed by atoms with Crippen molar-refractivity contribution in [3.63, 3.8) is 0 Å². The van der Waals surface area contributed by atoms with E-state index in [2.05, 4.69) is 43.9 Å². The molecule has 0 aliphatic carbocycles. The highest BCUT2D eigenvalue weighted by Crippen LogP contribution is 2.34. The van der Waals surface area contributed by atoms with Gasteiger partial charge in [0.1, 0.15) is 12.4 Å². The summed E-state index contributed by atoms with van der Waals surface area (Å²) in [5.74, 6) is 0.797. The van der Waals surface area contributed by atoms with Crippen molar-refractivity contribution in [2.75, 3.05) is 0 Å². The second-order valence-corrected chi connectivity index (χ2v) is 7.58. The Bertz CT molecular complexity index is 317. The maximum atomic E-state index is 6.01. The Balaban J connectivity index is 2.91. The van der Waals surface area contributed by atoms with Crippen LogP contribution in [0, 0.1) is 5.41 Å². The smallest absolute Gasteiger partial charge is 0.178 e. The van der Waals surface area contributed by atoms with Crippen molar-refractivity contribution in [2.24, 2.45) is 12.5 Å². The number of aromatic nitrogens is 3. The van der Waals surface area contributed by atoms with Gasteiger partial charge in [-0.15, -0.1) is 0 Å². The largest absolute Gasteiger partial charge is 0.410 e. The van der Waals surface area contributed by atoms with Gasteiger partial charge in [-0.25, -0.2) is 4.98 Å². The Morgan fingerprint density at radius 1 is 1.40 bits per heavy atom. The summed E-state index contributed by atoms with van der Waals surface area (Å²) >= 11 is 0. The van der Waals surface area contributed by atoms with E-state index in [1.54, 1.807) is 11.0 Å². The van der Waals surface area contributed by atoms with Gasteiger partial charge in [0.15, 0.2) is 14.9 Å². The van der Waals surface area contributed by atoms with Gasteiger partial charge in [0, 0.05) is 7.05 Å². The maximum Gasteiger partial charge on any atom is 0.178 e. The molecule has 1 atom stereocenters. The van der Waals surface area contributed by atoms with E-state index in [1.165, 1.54) is 0 Å². The van der Waals surface area contributed by atoms with Crippen molar-refractivity contribution >= 4 is 9.04 Å². The van der Waals surface area contributed by atoms with Gasteiger partial charge in [0.25, 0.3) is 0 Å². The summed E-state index contributed by atoms with van der Waals surface area (Å²) in [5.41, 5.74) is 0.0403. The van der Waals surface area contributed by atoms with E-state index < -0.39 is 9.04 Å². The Labute approximate surface area is 93.4 Å². The van der Waals surface area contributed by atoms with Crippen LogP contribution >= 0.6 is 0 Å². The van der Waals surface area contributed by atoms with Gasteiger partial charge in [-0.1, -0.05) is 20.8 Å². The molecule has 86 valence electrons. The number of hydrogen-bond donors (Lipinski definition) is 0. The summed E-state index contributed by atoms with van der Waals surface area (Å²) in [5, 5.41) is 4.33. The van der Waals surface area contributed by atoms with Crippen molar-refractivity contribution < 1.29 is 4.43 Å². The predicted molar refractivity (Wildman–Crippen MR) is 63.2 cm³/mol. The standard InChI is InChI=1S/C10H21N3OSi/c1-10(2,3)8(14-15(5)6)9-11-7-13(4)12-9/h7-8,15H,1-6H3. The van der Waals surface area contributed by atoms with Crippen molar-refractivity contribution in [2.45, 2.75) is 40.0 Å². The molecule has 0 fully saturated rings. The van der Waals surface area contributed by atoms with Crippen LogP contribution in [-0.2, 0) is 11.5 Å². The lowest BCUT2D eigenvalue weighted by atomic mass is 9.89. The van der Waals surface area contributed by atoms with E-state index in [1.807, 2.05) is 7.05 Å². The third-order valence-corrected chi connectivity index (χ3v) is 2.86. The zero-order chi connectivity index (χ0) is 11.6. The molecule has 15 heavy (non-hydrogen) atoms. The quantitative estimate of drug-likeness (QED) is 0.741. The molecule has 5 heteroatoms. The highest BCUT2D eigenvalue weighted by Gasteiger charge is 2.30. The summed E-state index contributed by atoms with van der Waals surface area (Å²) < 4.78 is 7.74. The average molecular weight is 227 g/mol. The first-order valence-corrected chi connectivity index (χ1v) is 8.10. The minimum Gasteiger partial charge on any atom is -0.410 e. The first kappa shape index (κ1) is 12.4. The van der Waals surface area contributed by atoms with Gasteiger partial charge in [-0.3, -0.25) is 4.68 Å². The molecule has 0 amide bonds. The van der Waals surface area contributed by atoms with Crippen LogP contribution in [0.15, 0.2) is 6.33 Å². The Morgan fingerprint density at radius 2 is 2.00 bits per heavy atom. The molecule has 1 rings (SSSR count). The predicted octanol–water partition coefficient (Wildman–Crippen LogP) is 1.90. The third-order valence-electron chi connectivity index (χ3n) is 2.05. The van der Waals surface area contributed by atoms with Crippen LogP contribution in [0.3, 0.4) is 0 Å². The van der Waals surface area contributed by atoms with E-state index in [0.29, 0.717) is 0 Å². The Hall–Kier alpha value is -0.683. The lowest BCUT2D eigenvalue weighted by Crippen LogP contribution is -2.27. The first-order valence-electron chi connectivity index (χ1n) is 5.31. The highest BCUT2D eigenvalue weighted by molar-refractivity contribution is 6.48. The SMILES string of the molecule is Cn1cnc(C(O[SiH](C)C)C(C)(C)C)n1. The zero-order valence-corrected chi connectivity index (χ0v) is 11.6. The lowest BCUT2D eigenvalue weighted by molar-refractivity contribution is 0.0784. The third kappa shape index (κ3) is 3.42. The molecule has 4 nitrogen and oxygen atoms in total. The van der Waals surface area contributed by atoms with E-state index in [-0.39, 0.29) is 11.5 Å². The molecule has 0 aliphatic heterocycles. The van der Waals surface area contributed by atoms with Gasteiger partial charge in [-0.2, -0.15) is 5.10 Å². The maximum absolute atomic E-state index is 6.01. The summed E-state index contributed by atoms with van der Waals surface area (Å²) in [4.78, 5) is 4.28. The van der Waals surface area contributed by atoms with Gasteiger partial charge >= 0.3 is 0 Å². The Kier molecular flexibility index (Phi) is 3.67. The van der Waals surface area contributed by atoms with Gasteiger partial charge in [0.2, 0.25) is 0 Å². The molecule has 0 bridgehead atoms. The number of nitrogens with zero attached hydrogens (tertiary/aromatic N) is 3. The highest BCUT2D eigenvalue weighted by atomic mass is 28.3. The number of hydrogen-bond acceptors (Lipinski definition) is 3. The molecule has 1 heterocycles. The van der Waals surface area contributed by atoms with E-state index >= 15 is 0 Å². The normalized spacial score (nSPS) is 14.6. The van der Waals surface area contributed by atoms with Gasteiger partial charge < -0.3 is 4.43 Å². The molecule has 0 saturated carbocycles. The average Bonchev–Trinajstić information content (AvgIpc) is 2.45. The van der Waals surface area contributed by atoms with Crippen LogP contribution in [0.2, 0.25) is 13.1 Å². The summed E-state index contributed by atoms with van der Waals surface area (Å²) in [6.07, 6.45) is 1.73. The van der Waals surface area contributed by atoms with Gasteiger partial charge in [-0.05, 0) is 18.5 Å². The summed E-state index contributed by atoms with van der Waals surface area (Å²) in [7, 11) is 0.800. The summed E-state index contributed by atoms with van der Waals surface area (Å²) in [6.45, 7) is 10.8. The van der Waals surface area contributed by atoms with Crippen LogP contribution in [0.1, 0.15) is 32.7 Å². The Morgan fingerprint density at radius 3 is 2.33 bits per heavy atom. The molecule has 1 aromatic rings. The molecular weight excluding hydrogens is 206 g/mol. The minimum atomic E-state index is -1.08. The zero-order valence-electron chi connectivity index (χ0n) is 10.5. The summed E-state index contributed by atoms with van der Waals surface area (Å²) in [6, 6.07) is 0. The molecular formula is C10H21N3OSi. The van der Waals surface area contributed by atoms with Crippen LogP contribution < -0.4 is 0 Å². The van der Waals surface area contributed by atoms with Crippen LogP contribution in [0.5, 0.6) is 0 Å². The number of rotatable bonds is 3. The van der Waals surface area contributed by atoms with Crippen molar-refractivity contribution in [3.05, 3.63) is 12.2 Å². The first-order chi connectivity index (χ1) is 6.80. The van der Waals surface area contributed by atoms with Crippen molar-refractivity contribution in [3.8, 4) is 0 Å². The van der Waals surface area contributed by atoms with Gasteiger partial charge in [0.05, 0.1) is 0 Å². The minimum absolute atomic E-state index is 0.00497. The molecule has 0 saturated heterocycles. The molecule has 0 aromatic carbocycles. The molecule has 1 aromatic heterocycles. The molecule has 0 radical (unpaired) electrons. The van der Waals surface area contributed by atoms with Crippen LogP contribution in [0.25, 0.3) is 0 Å². The molecule has 0 spiro atoms. The second-order valence-electron chi connectivity index (χ2n) is 5.21. The topological polar surface area (TPSA) is 39.9 Å².